The number of hydrogen-bond donors (Lipinski definition) is 0. The Hall–Kier alpha value is -4.55. The van der Waals surface area contributed by atoms with Gasteiger partial charge in [-0.05, 0) is 48.4 Å². The lowest BCUT2D eigenvalue weighted by Gasteiger charge is -2.39. The first kappa shape index (κ1) is 25.7. The van der Waals surface area contributed by atoms with Crippen LogP contribution in [-0.2, 0) is 0 Å². The topological polar surface area (TPSA) is 41.4 Å². The van der Waals surface area contributed by atoms with Crippen LogP contribution >= 0.6 is 0 Å². The molecule has 1 aliphatic heterocycles. The summed E-state index contributed by atoms with van der Waals surface area (Å²) in [6.45, 7) is 4.66. The Morgan fingerprint density at radius 2 is 1.32 bits per heavy atom. The average Bonchev–Trinajstić information content (AvgIpc) is 3.44. The van der Waals surface area contributed by atoms with E-state index in [0.29, 0.717) is 30.0 Å². The molecule has 1 amide bonds. The lowest BCUT2D eigenvalue weighted by Crippen LogP contribution is -2.50. The molecule has 5 aromatic rings. The first-order chi connectivity index (χ1) is 19.6. The van der Waals surface area contributed by atoms with E-state index in [1.54, 1.807) is 28.9 Å². The highest BCUT2D eigenvalue weighted by atomic mass is 19.1. The first-order valence-electron chi connectivity index (χ1n) is 13.6. The Bertz CT molecular complexity index is 1550. The number of piperazine rings is 1. The van der Waals surface area contributed by atoms with Gasteiger partial charge in [0.05, 0.1) is 17.4 Å². The fraction of sp³-hybridized carbons (Fsp3) is 0.176. The number of aromatic nitrogens is 2. The van der Waals surface area contributed by atoms with E-state index < -0.39 is 0 Å². The number of aryl methyl sites for hydroxylation is 1. The van der Waals surface area contributed by atoms with Crippen molar-refractivity contribution in [3.63, 3.8) is 0 Å². The lowest BCUT2D eigenvalue weighted by molar-refractivity contribution is 0.0588. The highest BCUT2D eigenvalue weighted by Crippen LogP contribution is 2.30. The van der Waals surface area contributed by atoms with Crippen LogP contribution in [0.1, 0.15) is 33.2 Å². The highest BCUT2D eigenvalue weighted by molar-refractivity contribution is 5.94. The molecule has 0 saturated carbocycles. The number of carbonyl (C=O) groups excluding carboxylic acids is 1. The molecule has 1 aliphatic rings. The van der Waals surface area contributed by atoms with Crippen molar-refractivity contribution >= 4 is 5.91 Å². The predicted molar refractivity (Wildman–Crippen MR) is 156 cm³/mol. The third kappa shape index (κ3) is 5.18. The molecule has 0 radical (unpaired) electrons. The number of rotatable bonds is 6. The summed E-state index contributed by atoms with van der Waals surface area (Å²) in [6.07, 6.45) is 0. The van der Waals surface area contributed by atoms with Gasteiger partial charge < -0.3 is 4.90 Å². The molecular weight excluding hydrogens is 499 g/mol. The molecule has 1 fully saturated rings. The summed E-state index contributed by atoms with van der Waals surface area (Å²) < 4.78 is 16.3. The van der Waals surface area contributed by atoms with Crippen molar-refractivity contribution in [2.75, 3.05) is 26.2 Å². The van der Waals surface area contributed by atoms with E-state index in [-0.39, 0.29) is 17.8 Å². The fourth-order valence-electron chi connectivity index (χ4n) is 5.45. The van der Waals surface area contributed by atoms with Crippen LogP contribution in [0.2, 0.25) is 0 Å². The summed E-state index contributed by atoms with van der Waals surface area (Å²) in [5.74, 6) is -0.470. The van der Waals surface area contributed by atoms with Crippen molar-refractivity contribution in [3.05, 3.63) is 143 Å². The molecule has 6 heteroatoms. The third-order valence-electron chi connectivity index (χ3n) is 7.55. The second-order valence-corrected chi connectivity index (χ2v) is 10.2. The first-order valence-corrected chi connectivity index (χ1v) is 13.6. The van der Waals surface area contributed by atoms with Crippen LogP contribution in [0.15, 0.2) is 115 Å². The minimum absolute atomic E-state index is 0.105. The number of nitrogens with zero attached hydrogens (tertiary/aromatic N) is 4. The van der Waals surface area contributed by atoms with E-state index in [4.69, 9.17) is 5.10 Å². The Balaban J connectivity index is 1.28. The van der Waals surface area contributed by atoms with Gasteiger partial charge in [-0.25, -0.2) is 9.07 Å². The molecule has 40 heavy (non-hydrogen) atoms. The van der Waals surface area contributed by atoms with Crippen LogP contribution < -0.4 is 0 Å². The fourth-order valence-corrected chi connectivity index (χ4v) is 5.45. The monoisotopic (exact) mass is 530 g/mol. The molecule has 4 aromatic carbocycles. The summed E-state index contributed by atoms with van der Waals surface area (Å²) in [6, 6.07) is 37.2. The quantitative estimate of drug-likeness (QED) is 0.251. The van der Waals surface area contributed by atoms with Crippen LogP contribution in [0.5, 0.6) is 0 Å². The van der Waals surface area contributed by atoms with Crippen molar-refractivity contribution < 1.29 is 9.18 Å². The normalized spacial score (nSPS) is 14.0. The van der Waals surface area contributed by atoms with Crippen LogP contribution in [0.4, 0.5) is 4.39 Å². The molecule has 0 aliphatic carbocycles. The maximum Gasteiger partial charge on any atom is 0.272 e. The van der Waals surface area contributed by atoms with Gasteiger partial charge in [0, 0.05) is 31.7 Å². The molecule has 0 spiro atoms. The van der Waals surface area contributed by atoms with Crippen LogP contribution in [-0.4, -0.2) is 51.7 Å². The number of halogens is 1. The van der Waals surface area contributed by atoms with Gasteiger partial charge in [0.25, 0.3) is 5.91 Å². The molecule has 1 aromatic heterocycles. The number of benzene rings is 4. The van der Waals surface area contributed by atoms with Crippen LogP contribution in [0.25, 0.3) is 16.9 Å². The second-order valence-electron chi connectivity index (χ2n) is 10.2. The summed E-state index contributed by atoms with van der Waals surface area (Å²) in [5, 5.41) is 4.70. The molecule has 2 heterocycles. The molecule has 6 rings (SSSR count). The largest absolute Gasteiger partial charge is 0.335 e. The van der Waals surface area contributed by atoms with E-state index in [1.807, 2.05) is 48.2 Å². The molecular formula is C34H31FN4O. The van der Waals surface area contributed by atoms with Crippen molar-refractivity contribution in [2.24, 2.45) is 0 Å². The van der Waals surface area contributed by atoms with E-state index in [1.165, 1.54) is 17.2 Å². The van der Waals surface area contributed by atoms with Gasteiger partial charge >= 0.3 is 0 Å². The molecule has 1 saturated heterocycles. The molecule has 5 nitrogen and oxygen atoms in total. The van der Waals surface area contributed by atoms with Gasteiger partial charge in [-0.15, -0.1) is 0 Å². The zero-order chi connectivity index (χ0) is 27.5. The zero-order valence-electron chi connectivity index (χ0n) is 22.5. The summed E-state index contributed by atoms with van der Waals surface area (Å²) >= 11 is 0. The van der Waals surface area contributed by atoms with E-state index in [2.05, 4.69) is 53.4 Å². The van der Waals surface area contributed by atoms with E-state index >= 15 is 0 Å². The van der Waals surface area contributed by atoms with Gasteiger partial charge in [0.2, 0.25) is 0 Å². The number of amides is 1. The molecule has 0 bridgehead atoms. The van der Waals surface area contributed by atoms with E-state index in [9.17, 15) is 9.18 Å². The molecule has 200 valence electrons. The maximum absolute atomic E-state index is 14.7. The minimum Gasteiger partial charge on any atom is -0.335 e. The summed E-state index contributed by atoms with van der Waals surface area (Å²) in [5.41, 5.74) is 5.60. The van der Waals surface area contributed by atoms with Gasteiger partial charge in [-0.1, -0.05) is 90.5 Å². The Labute approximate surface area is 234 Å². The van der Waals surface area contributed by atoms with Crippen LogP contribution in [0.3, 0.4) is 0 Å². The summed E-state index contributed by atoms with van der Waals surface area (Å²) in [7, 11) is 0. The van der Waals surface area contributed by atoms with Crippen molar-refractivity contribution in [1.29, 1.82) is 0 Å². The standard InChI is InChI=1S/C34H31FN4O/c1-25-16-18-28(19-17-25)39-32(24-31(36-39)29-14-8-9-15-30(29)35)34(40)38-22-20-37(21-23-38)33(26-10-4-2-5-11-26)27-12-6-3-7-13-27/h2-19,24,33H,20-23H2,1H3. The van der Waals surface area contributed by atoms with Crippen molar-refractivity contribution in [3.8, 4) is 16.9 Å². The molecule has 0 unspecified atom stereocenters. The second kappa shape index (κ2) is 11.3. The average molecular weight is 531 g/mol. The zero-order valence-corrected chi connectivity index (χ0v) is 22.5. The summed E-state index contributed by atoms with van der Waals surface area (Å²) in [4.78, 5) is 18.3. The maximum atomic E-state index is 14.7. The number of carbonyl (C=O) groups is 1. The smallest absolute Gasteiger partial charge is 0.272 e. The van der Waals surface area contributed by atoms with Crippen LogP contribution in [0, 0.1) is 12.7 Å². The lowest BCUT2D eigenvalue weighted by atomic mass is 9.96. The Kier molecular flexibility index (Phi) is 7.25. The van der Waals surface area contributed by atoms with Gasteiger partial charge in [-0.3, -0.25) is 9.69 Å². The van der Waals surface area contributed by atoms with Crippen molar-refractivity contribution in [1.82, 2.24) is 19.6 Å². The predicted octanol–water partition coefficient (Wildman–Crippen LogP) is 6.53. The van der Waals surface area contributed by atoms with Crippen molar-refractivity contribution in [2.45, 2.75) is 13.0 Å². The Morgan fingerprint density at radius 3 is 1.93 bits per heavy atom. The molecule has 0 atom stereocenters. The van der Waals surface area contributed by atoms with Gasteiger partial charge in [0.15, 0.2) is 0 Å². The van der Waals surface area contributed by atoms with E-state index in [0.717, 1.165) is 24.3 Å². The highest BCUT2D eigenvalue weighted by Gasteiger charge is 2.30. The van der Waals surface area contributed by atoms with Gasteiger partial charge in [0.1, 0.15) is 11.5 Å². The number of hydrogen-bond acceptors (Lipinski definition) is 3. The third-order valence-corrected chi connectivity index (χ3v) is 7.55. The molecule has 0 N–H and O–H groups in total. The minimum atomic E-state index is -0.364. The Morgan fingerprint density at radius 1 is 0.750 bits per heavy atom. The van der Waals surface area contributed by atoms with Gasteiger partial charge in [-0.2, -0.15) is 5.10 Å². The SMILES string of the molecule is Cc1ccc(-n2nc(-c3ccccc3F)cc2C(=O)N2CCN(C(c3ccccc3)c3ccccc3)CC2)cc1.